The van der Waals surface area contributed by atoms with Gasteiger partial charge in [-0.2, -0.15) is 10.5 Å². The molecule has 3 aromatic heterocycles. The molecular weight excluding hydrogens is 879 g/mol. The van der Waals surface area contributed by atoms with Gasteiger partial charge < -0.3 is 9.13 Å². The first-order chi connectivity index (χ1) is 35.1. The third-order valence-electron chi connectivity index (χ3n) is 15.6. The van der Waals surface area contributed by atoms with Crippen molar-refractivity contribution in [2.75, 3.05) is 0 Å². The highest BCUT2D eigenvalue weighted by Gasteiger charge is 2.38. The largest absolute Gasteiger partial charge is 0.308 e. The molecule has 0 fully saturated rings. The molecule has 0 atom stereocenters. The van der Waals surface area contributed by atoms with Crippen molar-refractivity contribution in [2.24, 2.45) is 0 Å². The van der Waals surface area contributed by atoms with Crippen LogP contribution in [0.5, 0.6) is 0 Å². The Morgan fingerprint density at radius 1 is 0.347 bits per heavy atom. The predicted molar refractivity (Wildman–Crippen MR) is 289 cm³/mol. The van der Waals surface area contributed by atoms with Gasteiger partial charge in [-0.1, -0.05) is 143 Å². The van der Waals surface area contributed by atoms with Crippen LogP contribution < -0.4 is 0 Å². The summed E-state index contributed by atoms with van der Waals surface area (Å²) < 4.78 is 4.62. The van der Waals surface area contributed by atoms with Gasteiger partial charge in [-0.25, -0.2) is 15.0 Å². The molecule has 12 aromatic rings. The second-order valence-corrected chi connectivity index (χ2v) is 20.2. The standard InChI is InChI=1S/C65H43N7/c1-64(2)51-22-12-8-18-41(51)45-32-47-43-20-10-14-24-55(43)71(59(47)34-53(45)64)57-28-26-38(36-66)30-49(57)62-68-61(40-16-6-5-7-17-40)69-63(70-62)50-31-39(37-67)27-29-58(50)72-56-25-15-11-21-44(56)48-33-46-42-19-9-13-23-52(42)65(3,4)54(46)35-60(48)72/h5-35H,1-4H3. The molecule has 0 radical (unpaired) electrons. The van der Waals surface area contributed by atoms with Gasteiger partial charge in [0.1, 0.15) is 0 Å². The van der Waals surface area contributed by atoms with E-state index in [4.69, 9.17) is 15.0 Å². The minimum Gasteiger partial charge on any atom is -0.308 e. The summed E-state index contributed by atoms with van der Waals surface area (Å²) in [6, 6.07) is 70.4. The Kier molecular flexibility index (Phi) is 8.67. The molecule has 0 spiro atoms. The second kappa shape index (κ2) is 15.0. The maximum Gasteiger partial charge on any atom is 0.166 e. The summed E-state index contributed by atoms with van der Waals surface area (Å²) in [6.07, 6.45) is 0. The Balaban J connectivity index is 1.04. The van der Waals surface area contributed by atoms with E-state index in [1.807, 2.05) is 66.7 Å². The highest BCUT2D eigenvalue weighted by Crippen LogP contribution is 2.53. The SMILES string of the molecule is CC1(C)c2ccccc2-c2cc3c4ccccc4n(-c4ccc(C#N)cc4-c4nc(-c5ccccc5)nc(-c5cc(C#N)ccc5-n5c6ccccc6c6cc7c(cc65)C(C)(C)c5ccccc5-7)n4)c3cc21. The van der Waals surface area contributed by atoms with Gasteiger partial charge >= 0.3 is 0 Å². The number of nitriles is 2. The molecule has 0 saturated carbocycles. The lowest BCUT2D eigenvalue weighted by molar-refractivity contribution is 0.661. The van der Waals surface area contributed by atoms with Crippen molar-refractivity contribution in [2.45, 2.75) is 38.5 Å². The van der Waals surface area contributed by atoms with Crippen LogP contribution in [-0.2, 0) is 10.8 Å². The Morgan fingerprint density at radius 3 is 1.24 bits per heavy atom. The average molecular weight is 922 g/mol. The van der Waals surface area contributed by atoms with E-state index >= 15 is 0 Å². The number of benzene rings is 9. The van der Waals surface area contributed by atoms with Gasteiger partial charge in [-0.15, -0.1) is 0 Å². The lowest BCUT2D eigenvalue weighted by Crippen LogP contribution is -2.15. The van der Waals surface area contributed by atoms with Crippen LogP contribution in [-0.4, -0.2) is 24.1 Å². The summed E-state index contributed by atoms with van der Waals surface area (Å²) in [5.74, 6) is 1.27. The molecule has 9 aromatic carbocycles. The fourth-order valence-corrected chi connectivity index (χ4v) is 12.1. The van der Waals surface area contributed by atoms with Crippen LogP contribution in [0.1, 0.15) is 61.1 Å². The van der Waals surface area contributed by atoms with Crippen LogP contribution in [0.4, 0.5) is 0 Å². The fourth-order valence-electron chi connectivity index (χ4n) is 12.1. The van der Waals surface area contributed by atoms with Gasteiger partial charge in [0.25, 0.3) is 0 Å². The highest BCUT2D eigenvalue weighted by molar-refractivity contribution is 6.13. The number of rotatable bonds is 5. The third kappa shape index (κ3) is 5.80. The summed E-state index contributed by atoms with van der Waals surface area (Å²) in [6.45, 7) is 9.23. The molecule has 2 aliphatic carbocycles. The average Bonchev–Trinajstić information content (AvgIpc) is 4.08. The number of para-hydroxylation sites is 2. The molecule has 0 saturated heterocycles. The number of aromatic nitrogens is 5. The van der Waals surface area contributed by atoms with Gasteiger partial charge in [0.15, 0.2) is 17.5 Å². The maximum atomic E-state index is 10.6. The molecule has 7 nitrogen and oxygen atoms in total. The van der Waals surface area contributed by atoms with E-state index < -0.39 is 0 Å². The van der Waals surface area contributed by atoms with Crippen LogP contribution in [0.15, 0.2) is 188 Å². The lowest BCUT2D eigenvalue weighted by atomic mass is 9.82. The summed E-state index contributed by atoms with van der Waals surface area (Å²) in [5, 5.41) is 25.6. The normalized spacial score (nSPS) is 13.8. The zero-order valence-corrected chi connectivity index (χ0v) is 40.0. The van der Waals surface area contributed by atoms with Crippen LogP contribution >= 0.6 is 0 Å². The van der Waals surface area contributed by atoms with E-state index in [2.05, 4.69) is 170 Å². The number of fused-ring (bicyclic) bond motifs is 12. The minimum atomic E-state index is -0.226. The molecule has 14 rings (SSSR count). The third-order valence-corrected chi connectivity index (χ3v) is 15.6. The van der Waals surface area contributed by atoms with Gasteiger partial charge in [0, 0.05) is 49.1 Å². The number of nitrogens with zero attached hydrogens (tertiary/aromatic N) is 7. The molecule has 72 heavy (non-hydrogen) atoms. The van der Waals surface area contributed by atoms with Crippen LogP contribution in [0.2, 0.25) is 0 Å². The van der Waals surface area contributed by atoms with E-state index in [0.717, 1.165) is 60.5 Å². The van der Waals surface area contributed by atoms with E-state index in [1.54, 1.807) is 0 Å². The van der Waals surface area contributed by atoms with E-state index in [1.165, 1.54) is 44.5 Å². The Bertz CT molecular complexity index is 4160. The van der Waals surface area contributed by atoms with Crippen molar-refractivity contribution in [3.05, 3.63) is 221 Å². The second-order valence-electron chi connectivity index (χ2n) is 20.2. The Labute approximate surface area is 416 Å². The van der Waals surface area contributed by atoms with Gasteiger partial charge in [-0.05, 0) is 117 Å². The summed E-state index contributed by atoms with van der Waals surface area (Å²) in [7, 11) is 0. The Hall–Kier alpha value is -9.43. The van der Waals surface area contributed by atoms with Gasteiger partial charge in [0.2, 0.25) is 0 Å². The highest BCUT2D eigenvalue weighted by atomic mass is 15.1. The van der Waals surface area contributed by atoms with Crippen molar-refractivity contribution in [3.8, 4) is 79.9 Å². The van der Waals surface area contributed by atoms with Gasteiger partial charge in [0.05, 0.1) is 56.7 Å². The molecule has 3 heterocycles. The molecular formula is C65H43N7. The zero-order chi connectivity index (χ0) is 48.6. The first kappa shape index (κ1) is 41.5. The molecule has 0 bridgehead atoms. The quantitative estimate of drug-likeness (QED) is 0.171. The minimum absolute atomic E-state index is 0.226. The van der Waals surface area contributed by atoms with Crippen LogP contribution in [0.25, 0.3) is 111 Å². The van der Waals surface area contributed by atoms with E-state index in [9.17, 15) is 10.5 Å². The summed E-state index contributed by atoms with van der Waals surface area (Å²) in [5.41, 5.74) is 18.6. The van der Waals surface area contributed by atoms with Crippen LogP contribution in [0.3, 0.4) is 0 Å². The lowest BCUT2D eigenvalue weighted by Gasteiger charge is -2.22. The first-order valence-electron chi connectivity index (χ1n) is 24.4. The van der Waals surface area contributed by atoms with E-state index in [0.29, 0.717) is 39.7 Å². The van der Waals surface area contributed by atoms with Crippen molar-refractivity contribution < 1.29 is 0 Å². The van der Waals surface area contributed by atoms with Gasteiger partial charge in [-0.3, -0.25) is 0 Å². The summed E-state index contributed by atoms with van der Waals surface area (Å²) in [4.78, 5) is 16.1. The van der Waals surface area contributed by atoms with Crippen molar-refractivity contribution >= 4 is 43.6 Å². The molecule has 0 unspecified atom stereocenters. The molecule has 338 valence electrons. The fraction of sp³-hybridized carbons (Fsp3) is 0.0923. The van der Waals surface area contributed by atoms with Crippen molar-refractivity contribution in [3.63, 3.8) is 0 Å². The first-order valence-corrected chi connectivity index (χ1v) is 24.4. The van der Waals surface area contributed by atoms with Crippen molar-refractivity contribution in [1.82, 2.24) is 24.1 Å². The van der Waals surface area contributed by atoms with Crippen LogP contribution in [0, 0.1) is 22.7 Å². The predicted octanol–water partition coefficient (Wildman–Crippen LogP) is 15.4. The zero-order valence-electron chi connectivity index (χ0n) is 40.0. The number of hydrogen-bond donors (Lipinski definition) is 0. The van der Waals surface area contributed by atoms with E-state index in [-0.39, 0.29) is 10.8 Å². The smallest absolute Gasteiger partial charge is 0.166 e. The molecule has 0 N–H and O–H groups in total. The Morgan fingerprint density at radius 2 is 0.764 bits per heavy atom. The monoisotopic (exact) mass is 921 g/mol. The molecule has 7 heteroatoms. The van der Waals surface area contributed by atoms with Crippen molar-refractivity contribution in [1.29, 1.82) is 10.5 Å². The topological polar surface area (TPSA) is 96.1 Å². The molecule has 0 amide bonds. The number of hydrogen-bond acceptors (Lipinski definition) is 5. The molecule has 2 aliphatic rings. The maximum absolute atomic E-state index is 10.6. The molecule has 0 aliphatic heterocycles. The summed E-state index contributed by atoms with van der Waals surface area (Å²) >= 11 is 0.